The van der Waals surface area contributed by atoms with Crippen molar-refractivity contribution in [2.45, 2.75) is 62.3 Å². The van der Waals surface area contributed by atoms with Crippen LogP contribution in [0.2, 0.25) is 0 Å². The lowest BCUT2D eigenvalue weighted by Gasteiger charge is -2.37. The van der Waals surface area contributed by atoms with Crippen molar-refractivity contribution in [1.82, 2.24) is 14.9 Å². The Bertz CT molecular complexity index is 1350. The second kappa shape index (κ2) is 10.2. The number of sulfonamides is 1. The van der Waals surface area contributed by atoms with Gasteiger partial charge in [0.15, 0.2) is 10.8 Å². The maximum atomic E-state index is 13.7. The van der Waals surface area contributed by atoms with Crippen molar-refractivity contribution in [2.75, 3.05) is 16.7 Å². The third-order valence-electron chi connectivity index (χ3n) is 7.11. The number of fused-ring (bicyclic) bond motifs is 2. The minimum atomic E-state index is -4.00. The van der Waals surface area contributed by atoms with Gasteiger partial charge >= 0.3 is 6.09 Å². The standard InChI is InChI=1S/C25H29N5O5S2/c1-16-9-24(26-12-22(16)28-18-10-19-5-6-20(11-18)30(19)25(31)32)37(33,34)29(23-14-36-15-27-23)13-17-3-7-21(35-2)8-4-17/h3-4,7-9,12,14-15,18-20,28H,5-6,10-11,13H2,1-2H3,(H,31,32)/t18-,19+,20-. The van der Waals surface area contributed by atoms with Crippen LogP contribution in [0.3, 0.4) is 0 Å². The first kappa shape index (κ1) is 25.3. The van der Waals surface area contributed by atoms with Crippen LogP contribution in [-0.4, -0.2) is 59.7 Å². The molecule has 0 saturated carbocycles. The van der Waals surface area contributed by atoms with Crippen molar-refractivity contribution in [3.8, 4) is 5.75 Å². The van der Waals surface area contributed by atoms with Crippen LogP contribution < -0.4 is 14.4 Å². The quantitative estimate of drug-likeness (QED) is 0.430. The Hall–Kier alpha value is -3.38. The summed E-state index contributed by atoms with van der Waals surface area (Å²) in [6.45, 7) is 1.95. The van der Waals surface area contributed by atoms with Crippen LogP contribution in [0, 0.1) is 6.92 Å². The van der Waals surface area contributed by atoms with E-state index in [1.807, 2.05) is 19.1 Å². The molecular formula is C25H29N5O5S2. The van der Waals surface area contributed by atoms with E-state index < -0.39 is 16.1 Å². The third kappa shape index (κ3) is 5.08. The van der Waals surface area contributed by atoms with Crippen molar-refractivity contribution in [2.24, 2.45) is 0 Å². The molecule has 0 aliphatic carbocycles. The molecule has 2 aliphatic rings. The van der Waals surface area contributed by atoms with Crippen LogP contribution in [-0.2, 0) is 16.6 Å². The zero-order chi connectivity index (χ0) is 26.2. The summed E-state index contributed by atoms with van der Waals surface area (Å²) in [5.74, 6) is 1.02. The van der Waals surface area contributed by atoms with E-state index in [2.05, 4.69) is 15.3 Å². The molecular weight excluding hydrogens is 514 g/mol. The number of benzene rings is 1. The summed E-state index contributed by atoms with van der Waals surface area (Å²) in [6, 6.07) is 8.94. The van der Waals surface area contributed by atoms with E-state index in [0.29, 0.717) is 11.6 Å². The molecule has 0 radical (unpaired) electrons. The average molecular weight is 544 g/mol. The minimum Gasteiger partial charge on any atom is -0.497 e. The molecule has 2 bridgehead atoms. The fourth-order valence-corrected chi connectivity index (χ4v) is 7.29. The van der Waals surface area contributed by atoms with E-state index in [-0.39, 0.29) is 29.7 Å². The summed E-state index contributed by atoms with van der Waals surface area (Å²) < 4.78 is 33.9. The number of nitrogens with one attached hydrogen (secondary N) is 1. The molecule has 10 nitrogen and oxygen atoms in total. The summed E-state index contributed by atoms with van der Waals surface area (Å²) in [5, 5.41) is 14.6. The molecule has 37 heavy (non-hydrogen) atoms. The van der Waals surface area contributed by atoms with Crippen LogP contribution in [0.4, 0.5) is 16.3 Å². The van der Waals surface area contributed by atoms with Crippen molar-refractivity contribution < 1.29 is 23.1 Å². The predicted octanol–water partition coefficient (Wildman–Crippen LogP) is 4.34. The molecule has 2 N–H and O–H groups in total. The van der Waals surface area contributed by atoms with Gasteiger partial charge < -0.3 is 20.1 Å². The maximum absolute atomic E-state index is 13.7. The monoisotopic (exact) mass is 543 g/mol. The molecule has 196 valence electrons. The average Bonchev–Trinajstić information content (AvgIpc) is 3.50. The Morgan fingerprint density at radius 3 is 2.49 bits per heavy atom. The van der Waals surface area contributed by atoms with Crippen LogP contribution >= 0.6 is 11.3 Å². The summed E-state index contributed by atoms with van der Waals surface area (Å²) in [4.78, 5) is 21.7. The van der Waals surface area contributed by atoms with E-state index in [0.717, 1.165) is 42.5 Å². The highest BCUT2D eigenvalue weighted by atomic mass is 32.2. The van der Waals surface area contributed by atoms with Crippen LogP contribution in [0.25, 0.3) is 0 Å². The number of hydrogen-bond donors (Lipinski definition) is 2. The Kier molecular flexibility index (Phi) is 6.95. The van der Waals surface area contributed by atoms with Crippen LogP contribution in [0.5, 0.6) is 5.75 Å². The summed E-state index contributed by atoms with van der Waals surface area (Å²) in [7, 11) is -2.42. The Morgan fingerprint density at radius 2 is 1.92 bits per heavy atom. The number of carboxylic acid groups (broad SMARTS) is 1. The molecule has 1 amide bonds. The molecule has 12 heteroatoms. The first-order valence-electron chi connectivity index (χ1n) is 12.0. The third-order valence-corrected chi connectivity index (χ3v) is 9.34. The lowest BCUT2D eigenvalue weighted by molar-refractivity contribution is 0.0994. The van der Waals surface area contributed by atoms with Gasteiger partial charge in [-0.1, -0.05) is 12.1 Å². The summed E-state index contributed by atoms with van der Waals surface area (Å²) >= 11 is 1.32. The first-order chi connectivity index (χ1) is 17.8. The molecule has 4 heterocycles. The molecule has 0 unspecified atom stereocenters. The van der Waals surface area contributed by atoms with Gasteiger partial charge in [-0.3, -0.25) is 0 Å². The number of ether oxygens (including phenoxy) is 1. The number of amides is 1. The van der Waals surface area contributed by atoms with Gasteiger partial charge in [-0.05, 0) is 61.9 Å². The van der Waals surface area contributed by atoms with Crippen LogP contribution in [0.1, 0.15) is 36.8 Å². The van der Waals surface area contributed by atoms with Gasteiger partial charge in [0, 0.05) is 23.5 Å². The highest BCUT2D eigenvalue weighted by molar-refractivity contribution is 7.92. The van der Waals surface area contributed by atoms with E-state index in [1.54, 1.807) is 47.3 Å². The van der Waals surface area contributed by atoms with Gasteiger partial charge in [0.1, 0.15) is 5.75 Å². The number of hydrogen-bond acceptors (Lipinski definition) is 8. The number of pyridine rings is 1. The Balaban J connectivity index is 1.36. The smallest absolute Gasteiger partial charge is 0.407 e. The van der Waals surface area contributed by atoms with Gasteiger partial charge in [-0.2, -0.15) is 8.42 Å². The Labute approximate surface area is 220 Å². The van der Waals surface area contributed by atoms with Crippen molar-refractivity contribution in [3.63, 3.8) is 0 Å². The number of piperidine rings is 1. The zero-order valence-corrected chi connectivity index (χ0v) is 22.2. The zero-order valence-electron chi connectivity index (χ0n) is 20.6. The van der Waals surface area contributed by atoms with Gasteiger partial charge in [-0.25, -0.2) is 19.1 Å². The van der Waals surface area contributed by atoms with E-state index in [4.69, 9.17) is 4.74 Å². The minimum absolute atomic E-state index is 0.0197. The van der Waals surface area contributed by atoms with Crippen molar-refractivity contribution in [3.05, 3.63) is 58.5 Å². The molecule has 2 fully saturated rings. The molecule has 5 rings (SSSR count). The highest BCUT2D eigenvalue weighted by Crippen LogP contribution is 2.37. The fraction of sp³-hybridized carbons (Fsp3) is 0.400. The number of methoxy groups -OCH3 is 1. The second-order valence-electron chi connectivity index (χ2n) is 9.43. The normalized spacial score (nSPS) is 21.0. The number of nitrogens with zero attached hydrogens (tertiary/aromatic N) is 4. The number of thiazole rings is 1. The number of rotatable bonds is 8. The van der Waals surface area contributed by atoms with E-state index >= 15 is 0 Å². The van der Waals surface area contributed by atoms with Crippen molar-refractivity contribution in [1.29, 1.82) is 0 Å². The number of aromatic nitrogens is 2. The number of carbonyl (C=O) groups is 1. The van der Waals surface area contributed by atoms with Crippen LogP contribution in [0.15, 0.2) is 52.4 Å². The topological polar surface area (TPSA) is 125 Å². The van der Waals surface area contributed by atoms with E-state index in [9.17, 15) is 18.3 Å². The molecule has 2 aromatic heterocycles. The molecule has 3 aromatic rings. The van der Waals surface area contributed by atoms with Gasteiger partial charge in [0.25, 0.3) is 10.0 Å². The molecule has 2 saturated heterocycles. The predicted molar refractivity (Wildman–Crippen MR) is 141 cm³/mol. The largest absolute Gasteiger partial charge is 0.497 e. The van der Waals surface area contributed by atoms with Gasteiger partial charge in [0.2, 0.25) is 0 Å². The van der Waals surface area contributed by atoms with E-state index in [1.165, 1.54) is 15.6 Å². The number of anilines is 2. The molecule has 3 atom stereocenters. The Morgan fingerprint density at radius 1 is 1.22 bits per heavy atom. The van der Waals surface area contributed by atoms with Crippen molar-refractivity contribution >= 4 is 39.0 Å². The van der Waals surface area contributed by atoms with Gasteiger partial charge in [-0.15, -0.1) is 11.3 Å². The molecule has 2 aliphatic heterocycles. The highest BCUT2D eigenvalue weighted by Gasteiger charge is 2.43. The second-order valence-corrected chi connectivity index (χ2v) is 12.0. The first-order valence-corrected chi connectivity index (χ1v) is 14.4. The lowest BCUT2D eigenvalue weighted by atomic mass is 9.97. The summed E-state index contributed by atoms with van der Waals surface area (Å²) in [5.41, 5.74) is 3.89. The molecule has 1 aromatic carbocycles. The lowest BCUT2D eigenvalue weighted by Crippen LogP contribution is -2.49. The number of aryl methyl sites for hydroxylation is 1. The van der Waals surface area contributed by atoms with Gasteiger partial charge in [0.05, 0.1) is 31.0 Å². The molecule has 0 spiro atoms. The summed E-state index contributed by atoms with van der Waals surface area (Å²) in [6.07, 6.45) is 3.91. The maximum Gasteiger partial charge on any atom is 0.407 e. The SMILES string of the molecule is COc1ccc(CN(c2cscn2)S(=O)(=O)c2cc(C)c(N[C@H]3C[C@H]4CC[C@@H](C3)N4C(=O)O)cn2)cc1. The fourth-order valence-electron chi connectivity index (χ4n) is 5.28.